The van der Waals surface area contributed by atoms with Crippen molar-refractivity contribution in [3.05, 3.63) is 60.2 Å². The molecule has 0 saturated carbocycles. The van der Waals surface area contributed by atoms with Crippen molar-refractivity contribution in [2.24, 2.45) is 0 Å². The first-order chi connectivity index (χ1) is 12.1. The van der Waals surface area contributed by atoms with E-state index in [4.69, 9.17) is 17.0 Å². The fourth-order valence-corrected chi connectivity index (χ4v) is 2.29. The highest BCUT2D eigenvalue weighted by Gasteiger charge is 2.06. The van der Waals surface area contributed by atoms with E-state index in [0.717, 1.165) is 12.1 Å². The number of anilines is 1. The van der Waals surface area contributed by atoms with E-state index in [1.165, 1.54) is 5.56 Å². The van der Waals surface area contributed by atoms with Crippen LogP contribution in [-0.4, -0.2) is 17.6 Å². The molecule has 0 radical (unpaired) electrons. The van der Waals surface area contributed by atoms with Gasteiger partial charge in [0.1, 0.15) is 5.75 Å². The quantitative estimate of drug-likeness (QED) is 0.545. The first kappa shape index (κ1) is 18.7. The lowest BCUT2D eigenvalue weighted by molar-refractivity contribution is -0.123. The number of carbonyl (C=O) groups is 1. The molecule has 5 nitrogen and oxygen atoms in total. The van der Waals surface area contributed by atoms with Crippen molar-refractivity contribution in [2.75, 3.05) is 11.9 Å². The summed E-state index contributed by atoms with van der Waals surface area (Å²) in [6, 6.07) is 17.3. The molecule has 0 aliphatic rings. The number of rotatable bonds is 6. The van der Waals surface area contributed by atoms with Gasteiger partial charge in [-0.3, -0.25) is 15.6 Å². The van der Waals surface area contributed by atoms with Gasteiger partial charge in [0, 0.05) is 5.69 Å². The molecule has 2 rings (SSSR count). The standard InChI is InChI=1S/C19H23N3O2S/c1-3-14(2)15-9-11-17(12-10-15)24-13-18(23)21-22-19(25)20-16-7-5-4-6-8-16/h4-12,14H,3,13H2,1-2H3,(H,21,23)(H2,20,22,25). The molecule has 0 aromatic heterocycles. The largest absolute Gasteiger partial charge is 0.484 e. The highest BCUT2D eigenvalue weighted by atomic mass is 32.1. The van der Waals surface area contributed by atoms with Crippen LogP contribution in [0, 0.1) is 0 Å². The zero-order chi connectivity index (χ0) is 18.1. The van der Waals surface area contributed by atoms with Gasteiger partial charge in [-0.05, 0) is 54.4 Å². The van der Waals surface area contributed by atoms with Crippen LogP contribution < -0.4 is 20.9 Å². The molecule has 0 spiro atoms. The summed E-state index contributed by atoms with van der Waals surface area (Å²) in [7, 11) is 0. The highest BCUT2D eigenvalue weighted by Crippen LogP contribution is 2.21. The van der Waals surface area contributed by atoms with Crippen LogP contribution in [-0.2, 0) is 4.79 Å². The Kier molecular flexibility index (Phi) is 7.22. The SMILES string of the molecule is CCC(C)c1ccc(OCC(=O)NNC(=S)Nc2ccccc2)cc1. The van der Waals surface area contributed by atoms with E-state index in [1.807, 2.05) is 54.6 Å². The molecule has 0 fully saturated rings. The van der Waals surface area contributed by atoms with Crippen molar-refractivity contribution >= 4 is 28.9 Å². The van der Waals surface area contributed by atoms with Gasteiger partial charge in [0.2, 0.25) is 0 Å². The van der Waals surface area contributed by atoms with E-state index in [1.54, 1.807) is 0 Å². The van der Waals surface area contributed by atoms with Crippen molar-refractivity contribution in [1.29, 1.82) is 0 Å². The number of ether oxygens (including phenoxy) is 1. The molecule has 0 saturated heterocycles. The number of hydrogen-bond acceptors (Lipinski definition) is 3. The molecular weight excluding hydrogens is 334 g/mol. The van der Waals surface area contributed by atoms with Crippen LogP contribution in [0.2, 0.25) is 0 Å². The van der Waals surface area contributed by atoms with Gasteiger partial charge in [-0.25, -0.2) is 0 Å². The molecule has 25 heavy (non-hydrogen) atoms. The van der Waals surface area contributed by atoms with Gasteiger partial charge in [-0.1, -0.05) is 44.2 Å². The van der Waals surface area contributed by atoms with Crippen molar-refractivity contribution < 1.29 is 9.53 Å². The second kappa shape index (κ2) is 9.64. The topological polar surface area (TPSA) is 62.4 Å². The molecule has 0 heterocycles. The molecule has 1 unspecified atom stereocenters. The van der Waals surface area contributed by atoms with Gasteiger partial charge >= 0.3 is 0 Å². The van der Waals surface area contributed by atoms with E-state index in [-0.39, 0.29) is 12.5 Å². The van der Waals surface area contributed by atoms with Gasteiger partial charge in [-0.15, -0.1) is 0 Å². The Morgan fingerprint density at radius 3 is 2.40 bits per heavy atom. The second-order valence-corrected chi connectivity index (χ2v) is 6.07. The predicted molar refractivity (Wildman–Crippen MR) is 105 cm³/mol. The van der Waals surface area contributed by atoms with E-state index in [0.29, 0.717) is 16.8 Å². The number of benzene rings is 2. The van der Waals surface area contributed by atoms with E-state index in [2.05, 4.69) is 30.0 Å². The zero-order valence-electron chi connectivity index (χ0n) is 14.4. The van der Waals surface area contributed by atoms with Crippen LogP contribution >= 0.6 is 12.2 Å². The Labute approximate surface area is 153 Å². The van der Waals surface area contributed by atoms with Crippen LogP contribution in [0.15, 0.2) is 54.6 Å². The smallest absolute Gasteiger partial charge is 0.276 e. The summed E-state index contributed by atoms with van der Waals surface area (Å²) in [5.41, 5.74) is 7.24. The summed E-state index contributed by atoms with van der Waals surface area (Å²) in [4.78, 5) is 11.8. The first-order valence-electron chi connectivity index (χ1n) is 8.22. The number of amides is 1. The second-order valence-electron chi connectivity index (χ2n) is 5.66. The summed E-state index contributed by atoms with van der Waals surface area (Å²) in [6.45, 7) is 4.24. The molecule has 3 N–H and O–H groups in total. The Balaban J connectivity index is 1.70. The Morgan fingerprint density at radius 1 is 1.08 bits per heavy atom. The Bertz CT molecular complexity index is 690. The van der Waals surface area contributed by atoms with E-state index >= 15 is 0 Å². The van der Waals surface area contributed by atoms with Crippen LogP contribution in [0.5, 0.6) is 5.75 Å². The maximum absolute atomic E-state index is 11.8. The fraction of sp³-hybridized carbons (Fsp3) is 0.263. The normalized spacial score (nSPS) is 11.3. The van der Waals surface area contributed by atoms with Gasteiger partial charge in [0.05, 0.1) is 0 Å². The molecule has 0 aliphatic carbocycles. The van der Waals surface area contributed by atoms with Gasteiger partial charge in [-0.2, -0.15) is 0 Å². The van der Waals surface area contributed by atoms with Gasteiger partial charge in [0.15, 0.2) is 11.7 Å². The molecule has 0 aliphatic heterocycles. The number of carbonyl (C=O) groups excluding carboxylic acids is 1. The average molecular weight is 357 g/mol. The number of hydrogen-bond donors (Lipinski definition) is 3. The molecule has 0 bridgehead atoms. The fourth-order valence-electron chi connectivity index (χ4n) is 2.12. The van der Waals surface area contributed by atoms with E-state index in [9.17, 15) is 4.79 Å². The summed E-state index contributed by atoms with van der Waals surface area (Å²) in [5, 5.41) is 3.26. The predicted octanol–water partition coefficient (Wildman–Crippen LogP) is 3.60. The van der Waals surface area contributed by atoms with Gasteiger partial charge in [0.25, 0.3) is 5.91 Å². The monoisotopic (exact) mass is 357 g/mol. The average Bonchev–Trinajstić information content (AvgIpc) is 2.65. The number of para-hydroxylation sites is 1. The third kappa shape index (κ3) is 6.43. The number of nitrogens with one attached hydrogen (secondary N) is 3. The summed E-state index contributed by atoms with van der Waals surface area (Å²) in [5.74, 6) is 0.857. The van der Waals surface area contributed by atoms with Crippen LogP contribution in [0.3, 0.4) is 0 Å². The molecule has 6 heteroatoms. The minimum absolute atomic E-state index is 0.0936. The molecule has 1 atom stereocenters. The van der Waals surface area contributed by atoms with Crippen molar-refractivity contribution in [3.63, 3.8) is 0 Å². The van der Waals surface area contributed by atoms with Crippen molar-refractivity contribution in [1.82, 2.24) is 10.9 Å². The maximum Gasteiger partial charge on any atom is 0.276 e. The molecule has 1 amide bonds. The summed E-state index contributed by atoms with van der Waals surface area (Å²) < 4.78 is 5.47. The molecule has 2 aromatic rings. The summed E-state index contributed by atoms with van der Waals surface area (Å²) >= 11 is 5.10. The highest BCUT2D eigenvalue weighted by molar-refractivity contribution is 7.80. The summed E-state index contributed by atoms with van der Waals surface area (Å²) in [6.07, 6.45) is 1.09. The van der Waals surface area contributed by atoms with Crippen LogP contribution in [0.25, 0.3) is 0 Å². The lowest BCUT2D eigenvalue weighted by atomic mass is 9.99. The molecule has 132 valence electrons. The lowest BCUT2D eigenvalue weighted by Crippen LogP contribution is -2.45. The zero-order valence-corrected chi connectivity index (χ0v) is 15.2. The third-order valence-electron chi connectivity index (χ3n) is 3.78. The Morgan fingerprint density at radius 2 is 1.76 bits per heavy atom. The van der Waals surface area contributed by atoms with E-state index < -0.39 is 0 Å². The molecule has 2 aromatic carbocycles. The number of hydrazine groups is 1. The first-order valence-corrected chi connectivity index (χ1v) is 8.63. The number of thiocarbonyl (C=S) groups is 1. The maximum atomic E-state index is 11.8. The van der Waals surface area contributed by atoms with Gasteiger partial charge < -0.3 is 10.1 Å². The van der Waals surface area contributed by atoms with Crippen LogP contribution in [0.1, 0.15) is 31.7 Å². The third-order valence-corrected chi connectivity index (χ3v) is 3.98. The molecular formula is C19H23N3O2S. The van der Waals surface area contributed by atoms with Crippen molar-refractivity contribution in [3.8, 4) is 5.75 Å². The van der Waals surface area contributed by atoms with Crippen molar-refractivity contribution in [2.45, 2.75) is 26.2 Å². The minimum Gasteiger partial charge on any atom is -0.484 e. The van der Waals surface area contributed by atoms with Crippen LogP contribution in [0.4, 0.5) is 5.69 Å². The lowest BCUT2D eigenvalue weighted by Gasteiger charge is -2.13. The minimum atomic E-state index is -0.316. The Hall–Kier alpha value is -2.60.